The van der Waals surface area contributed by atoms with E-state index in [2.05, 4.69) is 26.1 Å². The molecule has 0 heterocycles. The van der Waals surface area contributed by atoms with Gasteiger partial charge in [-0.15, -0.1) is 0 Å². The molecular formula is C14H22NO2+. The van der Waals surface area contributed by atoms with Crippen molar-refractivity contribution in [2.24, 2.45) is 0 Å². The van der Waals surface area contributed by atoms with E-state index in [1.54, 1.807) is 0 Å². The van der Waals surface area contributed by atoms with Crippen LogP contribution in [0.2, 0.25) is 0 Å². The van der Waals surface area contributed by atoms with Gasteiger partial charge in [0.05, 0.1) is 17.7 Å². The monoisotopic (exact) mass is 236 g/mol. The molecule has 1 aromatic rings. The van der Waals surface area contributed by atoms with Gasteiger partial charge >= 0.3 is 5.97 Å². The molecule has 1 aromatic carbocycles. The Bertz CT molecular complexity index is 363. The molecule has 0 bridgehead atoms. The van der Waals surface area contributed by atoms with Gasteiger partial charge < -0.3 is 10.1 Å². The molecule has 2 N–H and O–H groups in total. The van der Waals surface area contributed by atoms with Crippen LogP contribution in [0.15, 0.2) is 24.3 Å². The van der Waals surface area contributed by atoms with Gasteiger partial charge in [-0.3, -0.25) is 0 Å². The van der Waals surface area contributed by atoms with Gasteiger partial charge in [-0.05, 0) is 39.8 Å². The number of esters is 1. The van der Waals surface area contributed by atoms with Crippen LogP contribution in [0.1, 0.15) is 43.6 Å². The average molecular weight is 236 g/mol. The summed E-state index contributed by atoms with van der Waals surface area (Å²) >= 11 is 0. The maximum atomic E-state index is 11.4. The maximum Gasteiger partial charge on any atom is 0.338 e. The number of quaternary nitrogens is 1. The zero-order valence-electron chi connectivity index (χ0n) is 11.1. The summed E-state index contributed by atoms with van der Waals surface area (Å²) in [6, 6.07) is 7.61. The molecule has 0 aliphatic carbocycles. The minimum absolute atomic E-state index is 0.222. The average Bonchev–Trinajstić information content (AvgIpc) is 2.26. The second-order valence-electron chi connectivity index (χ2n) is 5.19. The first-order valence-electron chi connectivity index (χ1n) is 6.03. The number of rotatable bonds is 4. The Morgan fingerprint density at radius 2 is 1.82 bits per heavy atom. The summed E-state index contributed by atoms with van der Waals surface area (Å²) in [4.78, 5) is 11.4. The smallest absolute Gasteiger partial charge is 0.338 e. The SMILES string of the molecule is CCOC(=O)c1ccc(C[NH2+]C(C)(C)C)cc1. The van der Waals surface area contributed by atoms with Gasteiger partial charge in [-0.2, -0.15) is 0 Å². The standard InChI is InChI=1S/C14H21NO2/c1-5-17-13(16)12-8-6-11(7-9-12)10-15-14(2,3)4/h6-9,15H,5,10H2,1-4H3/p+1. The molecule has 17 heavy (non-hydrogen) atoms. The Morgan fingerprint density at radius 3 is 2.29 bits per heavy atom. The Balaban J connectivity index is 2.59. The van der Waals surface area contributed by atoms with E-state index >= 15 is 0 Å². The maximum absolute atomic E-state index is 11.4. The summed E-state index contributed by atoms with van der Waals surface area (Å²) in [6.07, 6.45) is 0. The Hall–Kier alpha value is -1.35. The van der Waals surface area contributed by atoms with Crippen molar-refractivity contribution < 1.29 is 14.8 Å². The van der Waals surface area contributed by atoms with Crippen LogP contribution in [0.4, 0.5) is 0 Å². The van der Waals surface area contributed by atoms with E-state index in [0.29, 0.717) is 12.2 Å². The highest BCUT2D eigenvalue weighted by molar-refractivity contribution is 5.89. The molecule has 0 aromatic heterocycles. The lowest BCUT2D eigenvalue weighted by Gasteiger charge is -2.16. The fourth-order valence-electron chi connectivity index (χ4n) is 1.42. The van der Waals surface area contributed by atoms with Crippen molar-refractivity contribution in [3.05, 3.63) is 35.4 Å². The number of carbonyl (C=O) groups excluding carboxylic acids is 1. The second kappa shape index (κ2) is 5.82. The van der Waals surface area contributed by atoms with E-state index < -0.39 is 0 Å². The molecule has 0 radical (unpaired) electrons. The van der Waals surface area contributed by atoms with E-state index in [-0.39, 0.29) is 11.5 Å². The minimum Gasteiger partial charge on any atom is -0.462 e. The molecule has 0 aliphatic heterocycles. The molecule has 3 nitrogen and oxygen atoms in total. The van der Waals surface area contributed by atoms with Gasteiger partial charge in [-0.25, -0.2) is 4.79 Å². The molecule has 94 valence electrons. The molecule has 0 atom stereocenters. The van der Waals surface area contributed by atoms with Crippen molar-refractivity contribution >= 4 is 5.97 Å². The summed E-state index contributed by atoms with van der Waals surface area (Å²) in [5, 5.41) is 2.27. The normalized spacial score (nSPS) is 11.3. The van der Waals surface area contributed by atoms with Crippen molar-refractivity contribution in [3.8, 4) is 0 Å². The lowest BCUT2D eigenvalue weighted by Crippen LogP contribution is -2.92. The molecule has 3 heteroatoms. The summed E-state index contributed by atoms with van der Waals surface area (Å²) in [6.45, 7) is 9.69. The van der Waals surface area contributed by atoms with Crippen LogP contribution < -0.4 is 5.32 Å². The topological polar surface area (TPSA) is 42.9 Å². The highest BCUT2D eigenvalue weighted by Crippen LogP contribution is 2.05. The number of ether oxygens (including phenoxy) is 1. The predicted octanol–water partition coefficient (Wildman–Crippen LogP) is 1.73. The van der Waals surface area contributed by atoms with Crippen LogP contribution in [0.25, 0.3) is 0 Å². The van der Waals surface area contributed by atoms with Crippen molar-refractivity contribution in [2.45, 2.75) is 39.8 Å². The first-order valence-corrected chi connectivity index (χ1v) is 6.03. The van der Waals surface area contributed by atoms with E-state index in [1.165, 1.54) is 5.56 Å². The zero-order chi connectivity index (χ0) is 12.9. The molecule has 0 unspecified atom stereocenters. The summed E-state index contributed by atoms with van der Waals surface area (Å²) in [5.74, 6) is -0.251. The van der Waals surface area contributed by atoms with E-state index in [0.717, 1.165) is 6.54 Å². The Kier molecular flexibility index (Phi) is 4.70. The number of hydrogen-bond acceptors (Lipinski definition) is 2. The third-order valence-electron chi connectivity index (χ3n) is 2.42. The molecule has 0 saturated carbocycles. The van der Waals surface area contributed by atoms with Crippen LogP contribution in [0.3, 0.4) is 0 Å². The van der Waals surface area contributed by atoms with Gasteiger partial charge in [0.15, 0.2) is 0 Å². The van der Waals surface area contributed by atoms with Gasteiger partial charge in [0, 0.05) is 5.56 Å². The highest BCUT2D eigenvalue weighted by Gasteiger charge is 2.13. The summed E-state index contributed by atoms with van der Waals surface area (Å²) < 4.78 is 4.94. The van der Waals surface area contributed by atoms with E-state index in [4.69, 9.17) is 4.74 Å². The van der Waals surface area contributed by atoms with Crippen LogP contribution in [0.5, 0.6) is 0 Å². The van der Waals surface area contributed by atoms with Crippen molar-refractivity contribution in [2.75, 3.05) is 6.61 Å². The van der Waals surface area contributed by atoms with E-state index in [9.17, 15) is 4.79 Å². The molecule has 0 fully saturated rings. The Morgan fingerprint density at radius 1 is 1.24 bits per heavy atom. The fourth-order valence-corrected chi connectivity index (χ4v) is 1.42. The lowest BCUT2D eigenvalue weighted by atomic mass is 10.1. The van der Waals surface area contributed by atoms with Crippen LogP contribution in [0, 0.1) is 0 Å². The van der Waals surface area contributed by atoms with Gasteiger partial charge in [-0.1, -0.05) is 12.1 Å². The van der Waals surface area contributed by atoms with Crippen LogP contribution in [-0.4, -0.2) is 18.1 Å². The first-order chi connectivity index (χ1) is 7.92. The lowest BCUT2D eigenvalue weighted by molar-refractivity contribution is -0.731. The summed E-state index contributed by atoms with van der Waals surface area (Å²) in [7, 11) is 0. The summed E-state index contributed by atoms with van der Waals surface area (Å²) in [5.41, 5.74) is 2.05. The van der Waals surface area contributed by atoms with Crippen molar-refractivity contribution in [3.63, 3.8) is 0 Å². The highest BCUT2D eigenvalue weighted by atomic mass is 16.5. The van der Waals surface area contributed by atoms with Gasteiger partial charge in [0.25, 0.3) is 0 Å². The van der Waals surface area contributed by atoms with Crippen LogP contribution >= 0.6 is 0 Å². The molecule has 0 aliphatic rings. The van der Waals surface area contributed by atoms with Crippen molar-refractivity contribution in [1.29, 1.82) is 0 Å². The zero-order valence-corrected chi connectivity index (χ0v) is 11.1. The van der Waals surface area contributed by atoms with Crippen molar-refractivity contribution in [1.82, 2.24) is 0 Å². The second-order valence-corrected chi connectivity index (χ2v) is 5.19. The largest absolute Gasteiger partial charge is 0.462 e. The first kappa shape index (κ1) is 13.7. The number of benzene rings is 1. The predicted molar refractivity (Wildman–Crippen MR) is 67.8 cm³/mol. The fraction of sp³-hybridized carbons (Fsp3) is 0.500. The number of carbonyl (C=O) groups is 1. The molecule has 0 spiro atoms. The van der Waals surface area contributed by atoms with Gasteiger partial charge in [0.2, 0.25) is 0 Å². The van der Waals surface area contributed by atoms with Gasteiger partial charge in [0.1, 0.15) is 6.54 Å². The quantitative estimate of drug-likeness (QED) is 0.809. The minimum atomic E-state index is -0.251. The molecule has 1 rings (SSSR count). The third kappa shape index (κ3) is 5.00. The third-order valence-corrected chi connectivity index (χ3v) is 2.42. The number of hydrogen-bond donors (Lipinski definition) is 1. The Labute approximate surface area is 103 Å². The number of nitrogens with two attached hydrogens (primary N) is 1. The molecule has 0 saturated heterocycles. The van der Waals surface area contributed by atoms with E-state index in [1.807, 2.05) is 31.2 Å². The molecular weight excluding hydrogens is 214 g/mol. The van der Waals surface area contributed by atoms with Crippen LogP contribution in [-0.2, 0) is 11.3 Å². The molecule has 0 amide bonds.